The van der Waals surface area contributed by atoms with Gasteiger partial charge >= 0.3 is 0 Å². The molecule has 5 heterocycles. The van der Waals surface area contributed by atoms with E-state index in [1.807, 2.05) is 45.3 Å². The average molecular weight is 504 g/mol. The summed E-state index contributed by atoms with van der Waals surface area (Å²) in [6, 6.07) is 4.00. The molecule has 0 aromatic carbocycles. The summed E-state index contributed by atoms with van der Waals surface area (Å²) in [5.74, 6) is 0.984. The molecule has 0 saturated carbocycles. The first-order valence-electron chi connectivity index (χ1n) is 12.0. The van der Waals surface area contributed by atoms with Crippen LogP contribution < -0.4 is 9.47 Å². The smallest absolute Gasteiger partial charge is 0.241 e. The molecule has 12 heteroatoms. The first-order chi connectivity index (χ1) is 17.9. The molecule has 4 aromatic rings. The fraction of sp³-hybridized carbons (Fsp3) is 0.400. The Morgan fingerprint density at radius 1 is 1.30 bits per heavy atom. The number of aliphatic hydroxyl groups is 1. The molecule has 4 aromatic heterocycles. The first-order valence-corrected chi connectivity index (χ1v) is 12.0. The van der Waals surface area contributed by atoms with Crippen LogP contribution in [0.5, 0.6) is 11.8 Å². The molecule has 2 bridgehead atoms. The van der Waals surface area contributed by atoms with Crippen LogP contribution in [0.1, 0.15) is 29.6 Å². The van der Waals surface area contributed by atoms with Gasteiger partial charge in [0.25, 0.3) is 0 Å². The number of rotatable bonds is 4. The number of nitrogens with one attached hydrogen (secondary N) is 1. The van der Waals surface area contributed by atoms with E-state index in [1.165, 1.54) is 0 Å². The molecule has 12 nitrogen and oxygen atoms in total. The topological polar surface area (TPSA) is 143 Å². The van der Waals surface area contributed by atoms with Crippen LogP contribution in [0.25, 0.3) is 34.3 Å². The molecule has 5 rings (SSSR count). The van der Waals surface area contributed by atoms with Gasteiger partial charge in [-0.25, -0.2) is 4.68 Å². The number of hydrogen-bond donors (Lipinski definition) is 2. The van der Waals surface area contributed by atoms with Crippen LogP contribution in [0, 0.1) is 18.3 Å². The molecule has 1 aliphatic rings. The average Bonchev–Trinajstić information content (AvgIpc) is 3.52. The number of pyridine rings is 1. The van der Waals surface area contributed by atoms with Crippen LogP contribution in [0.15, 0.2) is 12.3 Å². The second kappa shape index (κ2) is 10.0. The Balaban J connectivity index is 1.70. The lowest BCUT2D eigenvalue weighted by atomic mass is 10.1. The SMILES string of the molecule is Cc1nn(C)c2c1-c1cc3c(n[nH]c3cn1)/C=C/c1c(OCC#N)nn(CCO)c1CN(C)[C@@H](C)CO2. The standard InChI is InChI=1S/C25H29N9O3/c1-15-14-37-25-23(16(2)30-33(25)4)20-11-18-19(28-29-21(18)12-27-20)6-5-17-22(13-32(15)3)34(8-9-35)31-24(17)36-10-7-26/h5-6,11-12,15,35H,8-10,13-14H2,1-4H3,(H,28,29)/b6-5+/t15-/m0/s1. The first kappa shape index (κ1) is 24.5. The number of H-pyrrole nitrogens is 1. The Kier molecular flexibility index (Phi) is 6.64. The maximum absolute atomic E-state index is 9.67. The monoisotopic (exact) mass is 503 g/mol. The fourth-order valence-electron chi connectivity index (χ4n) is 4.49. The predicted octanol–water partition coefficient (Wildman–Crippen LogP) is 2.14. The zero-order valence-electron chi connectivity index (χ0n) is 21.3. The number of nitrogens with zero attached hydrogens (tertiary/aromatic N) is 8. The van der Waals surface area contributed by atoms with E-state index in [0.717, 1.165) is 39.1 Å². The van der Waals surface area contributed by atoms with Crippen LogP contribution in [-0.4, -0.2) is 77.7 Å². The molecule has 0 fully saturated rings. The Labute approximate surface area is 213 Å². The number of fused-ring (bicyclic) bond motifs is 4. The summed E-state index contributed by atoms with van der Waals surface area (Å²) in [7, 11) is 3.87. The molecule has 0 amide bonds. The number of likely N-dealkylation sites (N-methyl/N-ethyl adjacent to an activating group) is 1. The van der Waals surface area contributed by atoms with Gasteiger partial charge < -0.3 is 14.6 Å². The van der Waals surface area contributed by atoms with E-state index in [0.29, 0.717) is 37.2 Å². The number of aromatic amines is 1. The van der Waals surface area contributed by atoms with Crippen LogP contribution in [0.3, 0.4) is 0 Å². The number of aliphatic hydroxyl groups excluding tert-OH is 1. The number of aryl methyl sites for hydroxylation is 2. The Hall–Kier alpha value is -4.21. The highest BCUT2D eigenvalue weighted by Crippen LogP contribution is 2.34. The Bertz CT molecular complexity index is 1510. The fourth-order valence-corrected chi connectivity index (χ4v) is 4.49. The molecule has 1 atom stereocenters. The van der Waals surface area contributed by atoms with Crippen molar-refractivity contribution in [2.75, 3.05) is 26.9 Å². The lowest BCUT2D eigenvalue weighted by Gasteiger charge is -2.25. The van der Waals surface area contributed by atoms with Crippen molar-refractivity contribution >= 4 is 23.1 Å². The number of aromatic nitrogens is 7. The normalized spacial score (nSPS) is 16.9. The molecule has 0 unspecified atom stereocenters. The van der Waals surface area contributed by atoms with Gasteiger partial charge in [-0.15, -0.1) is 5.10 Å². The minimum absolute atomic E-state index is 0.0251. The van der Waals surface area contributed by atoms with E-state index < -0.39 is 0 Å². The summed E-state index contributed by atoms with van der Waals surface area (Å²) in [4.78, 5) is 6.80. The largest absolute Gasteiger partial charge is 0.476 e. The summed E-state index contributed by atoms with van der Waals surface area (Å²) >= 11 is 0. The zero-order valence-corrected chi connectivity index (χ0v) is 21.3. The van der Waals surface area contributed by atoms with E-state index in [4.69, 9.17) is 14.7 Å². The van der Waals surface area contributed by atoms with E-state index in [-0.39, 0.29) is 19.3 Å². The molecular weight excluding hydrogens is 474 g/mol. The summed E-state index contributed by atoms with van der Waals surface area (Å²) in [6.07, 6.45) is 5.54. The molecule has 37 heavy (non-hydrogen) atoms. The maximum atomic E-state index is 9.67. The quantitative estimate of drug-likeness (QED) is 0.428. The minimum Gasteiger partial charge on any atom is -0.476 e. The lowest BCUT2D eigenvalue weighted by molar-refractivity contribution is 0.156. The second-order valence-corrected chi connectivity index (χ2v) is 9.08. The van der Waals surface area contributed by atoms with E-state index in [1.54, 1.807) is 15.6 Å². The maximum Gasteiger partial charge on any atom is 0.241 e. The molecule has 2 N–H and O–H groups in total. The summed E-state index contributed by atoms with van der Waals surface area (Å²) in [5, 5.41) is 36.3. The highest BCUT2D eigenvalue weighted by atomic mass is 16.5. The van der Waals surface area contributed by atoms with E-state index in [2.05, 4.69) is 37.2 Å². The highest BCUT2D eigenvalue weighted by molar-refractivity contribution is 5.92. The van der Waals surface area contributed by atoms with E-state index >= 15 is 0 Å². The molecule has 192 valence electrons. The Morgan fingerprint density at radius 3 is 2.92 bits per heavy atom. The third-order valence-electron chi connectivity index (χ3n) is 6.57. The molecule has 0 aliphatic carbocycles. The van der Waals surface area contributed by atoms with Crippen molar-refractivity contribution in [1.29, 1.82) is 5.26 Å². The van der Waals surface area contributed by atoms with Gasteiger partial charge in [0.05, 0.1) is 58.8 Å². The third kappa shape index (κ3) is 4.54. The molecular formula is C25H29N9O3. The van der Waals surface area contributed by atoms with Crippen molar-refractivity contribution in [3.05, 3.63) is 34.9 Å². The van der Waals surface area contributed by atoms with Crippen molar-refractivity contribution in [3.63, 3.8) is 0 Å². The van der Waals surface area contributed by atoms with Gasteiger partial charge in [0.15, 0.2) is 6.61 Å². The van der Waals surface area contributed by atoms with E-state index in [9.17, 15) is 5.11 Å². The third-order valence-corrected chi connectivity index (χ3v) is 6.57. The van der Waals surface area contributed by atoms with Crippen molar-refractivity contribution in [2.24, 2.45) is 7.05 Å². The summed E-state index contributed by atoms with van der Waals surface area (Å²) in [5.41, 5.74) is 5.50. The van der Waals surface area contributed by atoms with Gasteiger partial charge in [-0.3, -0.25) is 19.7 Å². The van der Waals surface area contributed by atoms with Gasteiger partial charge in [-0.1, -0.05) is 0 Å². The van der Waals surface area contributed by atoms with Crippen molar-refractivity contribution < 1.29 is 14.6 Å². The summed E-state index contributed by atoms with van der Waals surface area (Å²) < 4.78 is 15.5. The van der Waals surface area contributed by atoms with Gasteiger partial charge in [-0.2, -0.15) is 15.5 Å². The van der Waals surface area contributed by atoms with Gasteiger partial charge in [0, 0.05) is 25.0 Å². The number of ether oxygens (including phenoxy) is 2. The predicted molar refractivity (Wildman–Crippen MR) is 137 cm³/mol. The lowest BCUT2D eigenvalue weighted by Crippen LogP contribution is -2.35. The van der Waals surface area contributed by atoms with Gasteiger partial charge in [0.2, 0.25) is 11.8 Å². The molecule has 0 radical (unpaired) electrons. The molecule has 0 saturated heterocycles. The van der Waals surface area contributed by atoms with Crippen LogP contribution >= 0.6 is 0 Å². The van der Waals surface area contributed by atoms with Crippen molar-refractivity contribution in [1.82, 2.24) is 39.6 Å². The van der Waals surface area contributed by atoms with Crippen LogP contribution in [-0.2, 0) is 20.1 Å². The second-order valence-electron chi connectivity index (χ2n) is 9.08. The van der Waals surface area contributed by atoms with Crippen molar-refractivity contribution in [3.8, 4) is 29.1 Å². The van der Waals surface area contributed by atoms with Crippen molar-refractivity contribution in [2.45, 2.75) is 33.0 Å². The summed E-state index contributed by atoms with van der Waals surface area (Å²) in [6.45, 7) is 5.02. The van der Waals surface area contributed by atoms with Crippen LogP contribution in [0.2, 0.25) is 0 Å². The van der Waals surface area contributed by atoms with Crippen LogP contribution in [0.4, 0.5) is 0 Å². The molecule has 0 spiro atoms. The van der Waals surface area contributed by atoms with Gasteiger partial charge in [0.1, 0.15) is 12.7 Å². The number of nitriles is 1. The molecule has 1 aliphatic heterocycles. The van der Waals surface area contributed by atoms with Gasteiger partial charge in [-0.05, 0) is 39.1 Å². The Morgan fingerprint density at radius 2 is 2.14 bits per heavy atom. The number of hydrogen-bond acceptors (Lipinski definition) is 9. The minimum atomic E-state index is -0.136. The highest BCUT2D eigenvalue weighted by Gasteiger charge is 2.24. The zero-order chi connectivity index (χ0) is 26.1.